The van der Waals surface area contributed by atoms with Gasteiger partial charge >= 0.3 is 12.0 Å². The van der Waals surface area contributed by atoms with Crippen molar-refractivity contribution in [3.63, 3.8) is 0 Å². The van der Waals surface area contributed by atoms with Gasteiger partial charge in [-0.05, 0) is 54.5 Å². The zero-order valence-corrected chi connectivity index (χ0v) is 25.4. The van der Waals surface area contributed by atoms with Gasteiger partial charge in [0.15, 0.2) is 5.79 Å². The van der Waals surface area contributed by atoms with Gasteiger partial charge in [-0.2, -0.15) is 0 Å². The Bertz CT molecular complexity index is 1160. The first-order chi connectivity index (χ1) is 20.7. The molecular formula is C32H46F2N4O5. The second-order valence-electron chi connectivity index (χ2n) is 11.0. The maximum Gasteiger partial charge on any atom is 0.329 e. The molecule has 1 saturated heterocycles. The summed E-state index contributed by atoms with van der Waals surface area (Å²) >= 11 is 0. The fraction of sp³-hybridized carbons (Fsp3) is 0.562. The molecule has 1 fully saturated rings. The fourth-order valence-corrected chi connectivity index (χ4v) is 5.12. The molecule has 1 heterocycles. The summed E-state index contributed by atoms with van der Waals surface area (Å²) in [5.41, 5.74) is 9.10. The summed E-state index contributed by atoms with van der Waals surface area (Å²) in [6, 6.07) is 8.84. The van der Waals surface area contributed by atoms with Crippen LogP contribution < -0.4 is 21.7 Å². The molecule has 2 aromatic carbocycles. The van der Waals surface area contributed by atoms with Crippen LogP contribution in [0.25, 0.3) is 0 Å². The summed E-state index contributed by atoms with van der Waals surface area (Å²) in [7, 11) is 1.45. The van der Waals surface area contributed by atoms with Gasteiger partial charge in [0.2, 0.25) is 0 Å². The van der Waals surface area contributed by atoms with Crippen LogP contribution in [-0.2, 0) is 38.4 Å². The van der Waals surface area contributed by atoms with E-state index in [9.17, 15) is 18.4 Å². The molecule has 5 N–H and O–H groups in total. The van der Waals surface area contributed by atoms with Gasteiger partial charge in [-0.25, -0.2) is 18.4 Å². The Morgan fingerprint density at radius 1 is 1.05 bits per heavy atom. The number of ether oxygens (including phenoxy) is 3. The molecule has 0 spiro atoms. The number of urea groups is 1. The number of carbonyl (C=O) groups is 2. The summed E-state index contributed by atoms with van der Waals surface area (Å²) in [5, 5.41) is 8.45. The maximum absolute atomic E-state index is 13.9. The molecule has 238 valence electrons. The molecule has 1 aliphatic heterocycles. The molecule has 3 atom stereocenters. The van der Waals surface area contributed by atoms with Crippen LogP contribution in [0, 0.1) is 11.6 Å². The average Bonchev–Trinajstić information content (AvgIpc) is 2.99. The first-order valence-electron chi connectivity index (χ1n) is 15.1. The van der Waals surface area contributed by atoms with Gasteiger partial charge in [-0.3, -0.25) is 0 Å². The van der Waals surface area contributed by atoms with Crippen LogP contribution in [0.5, 0.6) is 0 Å². The summed E-state index contributed by atoms with van der Waals surface area (Å²) < 4.78 is 45.8. The number of nitrogens with one attached hydrogen (secondary N) is 3. The lowest BCUT2D eigenvalue weighted by Crippen LogP contribution is -2.54. The number of carbonyl (C=O) groups excluding carboxylic acids is 2. The molecule has 0 bridgehead atoms. The molecule has 43 heavy (non-hydrogen) atoms. The number of amides is 2. The van der Waals surface area contributed by atoms with Crippen LogP contribution in [0.3, 0.4) is 0 Å². The zero-order valence-electron chi connectivity index (χ0n) is 25.4. The number of esters is 1. The molecule has 0 saturated carbocycles. The molecule has 11 heteroatoms. The predicted molar refractivity (Wildman–Crippen MR) is 160 cm³/mol. The molecule has 0 radical (unpaired) electrons. The highest BCUT2D eigenvalue weighted by Crippen LogP contribution is 2.30. The number of benzene rings is 2. The first-order valence-corrected chi connectivity index (χ1v) is 15.1. The van der Waals surface area contributed by atoms with Crippen LogP contribution in [0.4, 0.5) is 13.6 Å². The van der Waals surface area contributed by atoms with Gasteiger partial charge in [0.25, 0.3) is 0 Å². The van der Waals surface area contributed by atoms with Crippen LogP contribution >= 0.6 is 0 Å². The van der Waals surface area contributed by atoms with E-state index in [1.165, 1.54) is 24.7 Å². The summed E-state index contributed by atoms with van der Waals surface area (Å²) in [4.78, 5) is 26.1. The number of rotatable bonds is 16. The third kappa shape index (κ3) is 11.1. The monoisotopic (exact) mass is 604 g/mol. The standard InChI is InChI=1S/C32H46F2N4O5/c1-4-6-11-32(41-12-8-13-42-32)19-28(38-31(40)36-3)30(39)43-29(21-37-20-23-10-7-9-22(5-2)14-23)27(35)17-24-15-25(33)18-26(34)16-24/h7,9-10,14-16,18,27-29,37H,4-6,8,11-13,17,19-21,35H2,1-3H3,(H2,36,38,40)/t27?,28-,29+/m0/s1. The van der Waals surface area contributed by atoms with Crippen molar-refractivity contribution in [1.82, 2.24) is 16.0 Å². The lowest BCUT2D eigenvalue weighted by atomic mass is 9.98. The highest BCUT2D eigenvalue weighted by Gasteiger charge is 2.41. The predicted octanol–water partition coefficient (Wildman–Crippen LogP) is 4.11. The van der Waals surface area contributed by atoms with Gasteiger partial charge in [0, 0.05) is 45.1 Å². The van der Waals surface area contributed by atoms with E-state index in [4.69, 9.17) is 19.9 Å². The second-order valence-corrected chi connectivity index (χ2v) is 11.0. The van der Waals surface area contributed by atoms with Crippen molar-refractivity contribution in [2.75, 3.05) is 26.8 Å². The Morgan fingerprint density at radius 3 is 2.40 bits per heavy atom. The summed E-state index contributed by atoms with van der Waals surface area (Å²) in [6.07, 6.45) is 3.11. The van der Waals surface area contributed by atoms with Gasteiger partial charge in [0.05, 0.1) is 13.2 Å². The first kappa shape index (κ1) is 34.4. The number of hydrogen-bond acceptors (Lipinski definition) is 7. The molecule has 3 rings (SSSR count). The van der Waals surface area contributed by atoms with E-state index in [-0.39, 0.29) is 19.4 Å². The third-order valence-corrected chi connectivity index (χ3v) is 7.48. The Hall–Kier alpha value is -3.12. The number of halogens is 2. The summed E-state index contributed by atoms with van der Waals surface area (Å²) in [5.74, 6) is -3.19. The van der Waals surface area contributed by atoms with Crippen molar-refractivity contribution in [3.8, 4) is 0 Å². The van der Waals surface area contributed by atoms with Crippen molar-refractivity contribution in [2.24, 2.45) is 5.73 Å². The van der Waals surface area contributed by atoms with Crippen molar-refractivity contribution >= 4 is 12.0 Å². The Morgan fingerprint density at radius 2 is 1.74 bits per heavy atom. The minimum absolute atomic E-state index is 0.0492. The van der Waals surface area contributed by atoms with E-state index in [1.54, 1.807) is 0 Å². The Labute approximate surface area is 253 Å². The van der Waals surface area contributed by atoms with Crippen molar-refractivity contribution in [2.45, 2.75) is 89.3 Å². The van der Waals surface area contributed by atoms with E-state index in [0.717, 1.165) is 37.3 Å². The average molecular weight is 605 g/mol. The highest BCUT2D eigenvalue weighted by molar-refractivity contribution is 5.83. The minimum Gasteiger partial charge on any atom is -0.458 e. The SMILES string of the molecule is CCCCC1(C[C@H](NC(=O)NC)C(=O)O[C@H](CNCc2cccc(CC)c2)C(N)Cc2cc(F)cc(F)c2)OCCCO1. The van der Waals surface area contributed by atoms with E-state index in [2.05, 4.69) is 35.0 Å². The van der Waals surface area contributed by atoms with Crippen molar-refractivity contribution < 1.29 is 32.6 Å². The quantitative estimate of drug-likeness (QED) is 0.213. The molecule has 1 unspecified atom stereocenters. The third-order valence-electron chi connectivity index (χ3n) is 7.48. The maximum atomic E-state index is 13.9. The second kappa shape index (κ2) is 17.2. The molecule has 2 aromatic rings. The molecular weight excluding hydrogens is 558 g/mol. The number of nitrogens with two attached hydrogens (primary N) is 1. The Balaban J connectivity index is 1.80. The van der Waals surface area contributed by atoms with Crippen LogP contribution in [0.2, 0.25) is 0 Å². The Kier molecular flexibility index (Phi) is 13.8. The van der Waals surface area contributed by atoms with Gasteiger partial charge in [-0.1, -0.05) is 44.5 Å². The minimum atomic E-state index is -1.10. The fourth-order valence-electron chi connectivity index (χ4n) is 5.12. The lowest BCUT2D eigenvalue weighted by molar-refractivity contribution is -0.276. The molecule has 2 amide bonds. The van der Waals surface area contributed by atoms with Crippen LogP contribution in [0.15, 0.2) is 42.5 Å². The number of unbranched alkanes of at least 4 members (excludes halogenated alkanes) is 1. The van der Waals surface area contributed by atoms with E-state index in [1.807, 2.05) is 19.1 Å². The number of aryl methyl sites for hydroxylation is 1. The van der Waals surface area contributed by atoms with Crippen LogP contribution in [0.1, 0.15) is 62.6 Å². The highest BCUT2D eigenvalue weighted by atomic mass is 19.1. The van der Waals surface area contributed by atoms with Crippen molar-refractivity contribution in [1.29, 1.82) is 0 Å². The lowest BCUT2D eigenvalue weighted by Gasteiger charge is -2.39. The topological polar surface area (TPSA) is 124 Å². The van der Waals surface area contributed by atoms with E-state index >= 15 is 0 Å². The van der Waals surface area contributed by atoms with Gasteiger partial charge < -0.3 is 35.9 Å². The largest absolute Gasteiger partial charge is 0.458 e. The molecule has 0 aliphatic carbocycles. The zero-order chi connectivity index (χ0) is 31.2. The van der Waals surface area contributed by atoms with Crippen LogP contribution in [-0.4, -0.2) is 62.8 Å². The molecule has 0 aromatic heterocycles. The van der Waals surface area contributed by atoms with Crippen molar-refractivity contribution in [3.05, 3.63) is 70.8 Å². The molecule has 1 aliphatic rings. The van der Waals surface area contributed by atoms with E-state index in [0.29, 0.717) is 31.7 Å². The smallest absolute Gasteiger partial charge is 0.329 e. The molecule has 9 nitrogen and oxygen atoms in total. The summed E-state index contributed by atoms with van der Waals surface area (Å²) in [6.45, 7) is 5.74. The van der Waals surface area contributed by atoms with Gasteiger partial charge in [0.1, 0.15) is 23.8 Å². The number of hydrogen-bond donors (Lipinski definition) is 4. The van der Waals surface area contributed by atoms with Gasteiger partial charge in [-0.15, -0.1) is 0 Å². The normalized spacial score (nSPS) is 16.6. The van der Waals surface area contributed by atoms with E-state index < -0.39 is 47.6 Å².